The number of aryl methyl sites for hydroxylation is 1. The normalized spacial score (nSPS) is 22.1. The van der Waals surface area contributed by atoms with Gasteiger partial charge in [-0.3, -0.25) is 0 Å². The maximum Gasteiger partial charge on any atom is 0.339 e. The fourth-order valence-electron chi connectivity index (χ4n) is 4.71. The molecule has 13 heteroatoms. The van der Waals surface area contributed by atoms with E-state index in [1.165, 1.54) is 13.2 Å². The van der Waals surface area contributed by atoms with E-state index in [2.05, 4.69) is 5.92 Å². The summed E-state index contributed by atoms with van der Waals surface area (Å²) < 4.78 is 29.4. The summed E-state index contributed by atoms with van der Waals surface area (Å²) in [7, 11) is 2.86. The number of aliphatic hydroxyl groups is 3. The quantitative estimate of drug-likeness (QED) is 0.166. The number of methoxy groups -OCH3 is 2. The second-order valence-electron chi connectivity index (χ2n) is 9.62. The zero-order chi connectivity index (χ0) is 30.6. The summed E-state index contributed by atoms with van der Waals surface area (Å²) in [6, 6.07) is 6.90. The first kappa shape index (κ1) is 31.8. The molecule has 11 nitrogen and oxygen atoms in total. The largest absolute Gasteiger partial charge is 0.497 e. The summed E-state index contributed by atoms with van der Waals surface area (Å²) in [6.45, 7) is 1.63. The molecule has 226 valence electrons. The second-order valence-corrected chi connectivity index (χ2v) is 10.4. The number of aliphatic hydroxyl groups excluding tert-OH is 3. The number of hydrogen-bond acceptors (Lipinski definition) is 10. The third-order valence-electron chi connectivity index (χ3n) is 7.02. The van der Waals surface area contributed by atoms with Gasteiger partial charge in [0.05, 0.1) is 40.4 Å². The first-order valence-electron chi connectivity index (χ1n) is 13.1. The van der Waals surface area contributed by atoms with Crippen molar-refractivity contribution in [3.05, 3.63) is 51.3 Å². The van der Waals surface area contributed by atoms with Crippen LogP contribution < -0.4 is 9.47 Å². The number of unbranched alkanes of at least 4 members (excludes halogenated alkanes) is 1. The molecule has 1 fully saturated rings. The number of esters is 1. The summed E-state index contributed by atoms with van der Waals surface area (Å²) >= 11 is 13.1. The molecular weight excluding hydrogens is 591 g/mol. The molecule has 0 spiro atoms. The van der Waals surface area contributed by atoms with Gasteiger partial charge in [-0.15, -0.1) is 12.3 Å². The molecule has 2 aromatic carbocycles. The lowest BCUT2D eigenvalue weighted by molar-refractivity contribution is -0.293. The van der Waals surface area contributed by atoms with Crippen molar-refractivity contribution in [2.75, 3.05) is 20.8 Å². The van der Waals surface area contributed by atoms with Gasteiger partial charge in [0.2, 0.25) is 0 Å². The lowest BCUT2D eigenvalue weighted by Crippen LogP contribution is -2.60. The topological polar surface area (TPSA) is 142 Å². The van der Waals surface area contributed by atoms with Crippen molar-refractivity contribution in [3.8, 4) is 23.8 Å². The van der Waals surface area contributed by atoms with E-state index in [1.807, 2.05) is 22.8 Å². The number of fused-ring (bicyclic) bond motifs is 1. The molecule has 3 N–H and O–H groups in total. The Hall–Kier alpha value is -3.08. The van der Waals surface area contributed by atoms with Gasteiger partial charge < -0.3 is 43.6 Å². The first-order chi connectivity index (χ1) is 20.1. The lowest BCUT2D eigenvalue weighted by atomic mass is 9.99. The van der Waals surface area contributed by atoms with Crippen LogP contribution in [0.1, 0.15) is 34.6 Å². The Morgan fingerprint density at radius 1 is 1.21 bits per heavy atom. The smallest absolute Gasteiger partial charge is 0.339 e. The zero-order valence-corrected chi connectivity index (χ0v) is 24.8. The third kappa shape index (κ3) is 6.45. The highest BCUT2D eigenvalue weighted by Crippen LogP contribution is 2.39. The fourth-order valence-corrected chi connectivity index (χ4v) is 5.28. The van der Waals surface area contributed by atoms with Gasteiger partial charge in [-0.25, -0.2) is 9.78 Å². The monoisotopic (exact) mass is 622 g/mol. The molecule has 0 bridgehead atoms. The van der Waals surface area contributed by atoms with Gasteiger partial charge in [-0.05, 0) is 37.1 Å². The Kier molecular flexibility index (Phi) is 10.6. The van der Waals surface area contributed by atoms with Crippen molar-refractivity contribution in [1.82, 2.24) is 9.55 Å². The van der Waals surface area contributed by atoms with Gasteiger partial charge in [0.15, 0.2) is 18.1 Å². The molecule has 4 rings (SSSR count). The number of imidazole rings is 1. The Morgan fingerprint density at radius 2 is 1.98 bits per heavy atom. The van der Waals surface area contributed by atoms with Crippen LogP contribution in [0.4, 0.5) is 0 Å². The molecule has 2 heterocycles. The van der Waals surface area contributed by atoms with Crippen LogP contribution in [0.15, 0.2) is 24.3 Å². The second kappa shape index (κ2) is 13.9. The van der Waals surface area contributed by atoms with Gasteiger partial charge >= 0.3 is 5.97 Å². The van der Waals surface area contributed by atoms with Crippen LogP contribution in [0.2, 0.25) is 10.0 Å². The molecule has 5 atom stereocenters. The minimum Gasteiger partial charge on any atom is -0.497 e. The molecule has 3 aromatic rings. The Labute approximate surface area is 252 Å². The highest BCUT2D eigenvalue weighted by atomic mass is 35.5. The van der Waals surface area contributed by atoms with Crippen molar-refractivity contribution in [2.24, 2.45) is 0 Å². The van der Waals surface area contributed by atoms with Crippen molar-refractivity contribution in [2.45, 2.75) is 63.6 Å². The molecule has 42 heavy (non-hydrogen) atoms. The summed E-state index contributed by atoms with van der Waals surface area (Å²) in [6.07, 6.45) is -0.0834. The maximum atomic E-state index is 13.1. The van der Waals surface area contributed by atoms with Gasteiger partial charge in [-0.2, -0.15) is 0 Å². The highest BCUT2D eigenvalue weighted by Gasteiger charge is 2.47. The van der Waals surface area contributed by atoms with E-state index >= 15 is 0 Å². The fraction of sp³-hybridized carbons (Fsp3) is 0.448. The summed E-state index contributed by atoms with van der Waals surface area (Å²) in [5.74, 6) is 3.19. The molecule has 1 aromatic heterocycles. The van der Waals surface area contributed by atoms with E-state index in [1.54, 1.807) is 14.0 Å². The average molecular weight is 623 g/mol. The molecular formula is C29H32Cl2N2O9. The van der Waals surface area contributed by atoms with Crippen LogP contribution in [0.25, 0.3) is 11.0 Å². The van der Waals surface area contributed by atoms with E-state index in [0.29, 0.717) is 30.1 Å². The van der Waals surface area contributed by atoms with Crippen LogP contribution in [0.5, 0.6) is 11.5 Å². The van der Waals surface area contributed by atoms with E-state index in [4.69, 9.17) is 58.3 Å². The summed E-state index contributed by atoms with van der Waals surface area (Å²) in [4.78, 5) is 17.8. The van der Waals surface area contributed by atoms with Crippen LogP contribution in [0, 0.1) is 19.3 Å². The van der Waals surface area contributed by atoms with Gasteiger partial charge in [0, 0.05) is 26.1 Å². The average Bonchev–Trinajstić information content (AvgIpc) is 3.33. The predicted molar refractivity (Wildman–Crippen MR) is 154 cm³/mol. The number of rotatable bonds is 11. The van der Waals surface area contributed by atoms with E-state index < -0.39 is 43.3 Å². The number of aromatic nitrogens is 2. The van der Waals surface area contributed by atoms with Crippen molar-refractivity contribution < 1.29 is 43.8 Å². The first-order valence-corrected chi connectivity index (χ1v) is 13.8. The SMILES string of the molecule is C#CCCCn1c(COc2c(Cl)cc(C(=O)O[C@H]3[C@@H](OC)O[C@H](CO)[C@@H](O)[C@@H]3O)c(C)c2Cl)nc2ccc(OC)cc21. The number of terminal acetylenes is 1. The lowest BCUT2D eigenvalue weighted by Gasteiger charge is -2.40. The van der Waals surface area contributed by atoms with Crippen LogP contribution in [-0.2, 0) is 27.4 Å². The molecule has 1 saturated heterocycles. The minimum atomic E-state index is -1.58. The number of carbonyl (C=O) groups excluding carboxylic acids is 1. The van der Waals surface area contributed by atoms with Crippen LogP contribution in [0.3, 0.4) is 0 Å². The minimum absolute atomic E-state index is 0.00629. The van der Waals surface area contributed by atoms with Gasteiger partial charge in [0.1, 0.15) is 36.5 Å². The van der Waals surface area contributed by atoms with Crippen LogP contribution >= 0.6 is 23.2 Å². The number of carbonyl (C=O) groups is 1. The number of benzene rings is 2. The zero-order valence-electron chi connectivity index (χ0n) is 23.3. The molecule has 0 amide bonds. The molecule has 1 aliphatic rings. The van der Waals surface area contributed by atoms with Crippen molar-refractivity contribution in [1.29, 1.82) is 0 Å². The summed E-state index contributed by atoms with van der Waals surface area (Å²) in [5.41, 5.74) is 1.92. The van der Waals surface area contributed by atoms with Crippen molar-refractivity contribution in [3.63, 3.8) is 0 Å². The number of nitrogens with zero attached hydrogens (tertiary/aromatic N) is 2. The number of halogens is 2. The Morgan fingerprint density at radius 3 is 2.64 bits per heavy atom. The van der Waals surface area contributed by atoms with Gasteiger partial charge in [-0.1, -0.05) is 23.2 Å². The predicted octanol–water partition coefficient (Wildman–Crippen LogP) is 3.26. The molecule has 0 unspecified atom stereocenters. The molecule has 0 radical (unpaired) electrons. The van der Waals surface area contributed by atoms with E-state index in [-0.39, 0.29) is 28.0 Å². The number of ether oxygens (including phenoxy) is 5. The molecule has 0 saturated carbocycles. The van der Waals surface area contributed by atoms with Crippen LogP contribution in [-0.4, -0.2) is 82.4 Å². The van der Waals surface area contributed by atoms with E-state index in [0.717, 1.165) is 17.5 Å². The third-order valence-corrected chi connectivity index (χ3v) is 7.76. The molecule has 1 aliphatic heterocycles. The maximum absolute atomic E-state index is 13.1. The Balaban J connectivity index is 1.56. The number of hydrogen-bond donors (Lipinski definition) is 3. The summed E-state index contributed by atoms with van der Waals surface area (Å²) in [5, 5.41) is 30.2. The Bertz CT molecular complexity index is 1470. The van der Waals surface area contributed by atoms with Gasteiger partial charge in [0.25, 0.3) is 0 Å². The van der Waals surface area contributed by atoms with E-state index in [9.17, 15) is 20.1 Å². The highest BCUT2D eigenvalue weighted by molar-refractivity contribution is 6.38. The molecule has 0 aliphatic carbocycles. The van der Waals surface area contributed by atoms with Crippen molar-refractivity contribution >= 4 is 40.2 Å². The standard InChI is InChI=1S/C29H32Cl2N2O9/c1-5-6-7-10-33-20-11-16(38-3)8-9-19(20)32-22(33)14-40-26-18(30)12-17(15(2)23(26)31)28(37)42-27-25(36)24(35)21(13-34)41-29(27)39-4/h1,8-9,11-12,21,24-25,27,29,34-36H,6-7,10,13-14H2,2-4H3/t21-,24-,25+,27-,29+/m1/s1.